The number of hydrogen-bond acceptors (Lipinski definition) is 6. The van der Waals surface area contributed by atoms with Gasteiger partial charge < -0.3 is 19.5 Å². The second-order valence-electron chi connectivity index (χ2n) is 5.40. The number of rotatable bonds is 5. The number of benzene rings is 2. The molecule has 0 aromatic heterocycles. The first-order valence-corrected chi connectivity index (χ1v) is 7.58. The van der Waals surface area contributed by atoms with Crippen molar-refractivity contribution in [3.05, 3.63) is 53.3 Å². The average Bonchev–Trinajstić information content (AvgIpc) is 2.65. The van der Waals surface area contributed by atoms with E-state index in [1.165, 1.54) is 37.4 Å². The normalized spacial score (nSPS) is 12.5. The van der Waals surface area contributed by atoms with E-state index in [9.17, 15) is 18.8 Å². The molecule has 1 amide bonds. The van der Waals surface area contributed by atoms with E-state index in [4.69, 9.17) is 14.2 Å². The summed E-state index contributed by atoms with van der Waals surface area (Å²) < 4.78 is 28.6. The Morgan fingerprint density at radius 3 is 2.69 bits per heavy atom. The zero-order valence-corrected chi connectivity index (χ0v) is 13.7. The van der Waals surface area contributed by atoms with Crippen LogP contribution in [-0.2, 0) is 9.53 Å². The van der Waals surface area contributed by atoms with Crippen LogP contribution in [0, 0.1) is 5.82 Å². The number of esters is 1. The molecular formula is C18H14FNO6. The van der Waals surface area contributed by atoms with Crippen LogP contribution in [0.5, 0.6) is 11.5 Å². The lowest BCUT2D eigenvalue weighted by Gasteiger charge is -2.18. The van der Waals surface area contributed by atoms with Gasteiger partial charge >= 0.3 is 5.97 Å². The minimum absolute atomic E-state index is 0.0136. The molecule has 0 aliphatic carbocycles. The van der Waals surface area contributed by atoms with Crippen molar-refractivity contribution in [1.29, 1.82) is 0 Å². The predicted molar refractivity (Wildman–Crippen MR) is 88.1 cm³/mol. The highest BCUT2D eigenvalue weighted by Crippen LogP contribution is 2.28. The third kappa shape index (κ3) is 3.64. The van der Waals surface area contributed by atoms with Crippen molar-refractivity contribution in [3.8, 4) is 11.5 Å². The van der Waals surface area contributed by atoms with Crippen molar-refractivity contribution in [2.24, 2.45) is 0 Å². The number of ether oxygens (including phenoxy) is 3. The number of methoxy groups -OCH3 is 1. The van der Waals surface area contributed by atoms with Gasteiger partial charge in [-0.05, 0) is 36.4 Å². The number of carbonyl (C=O) groups is 3. The van der Waals surface area contributed by atoms with Gasteiger partial charge in [0, 0.05) is 5.56 Å². The molecule has 0 saturated carbocycles. The maximum absolute atomic E-state index is 13.6. The SMILES string of the molecule is COc1ccc(C(=O)COC(=O)c2ccc3c(c2)OCC(=O)N3)cc1F. The van der Waals surface area contributed by atoms with Crippen LogP contribution in [0.1, 0.15) is 20.7 Å². The van der Waals surface area contributed by atoms with Crippen LogP contribution < -0.4 is 14.8 Å². The molecule has 3 rings (SSSR count). The van der Waals surface area contributed by atoms with Crippen LogP contribution in [0.4, 0.5) is 10.1 Å². The summed E-state index contributed by atoms with van der Waals surface area (Å²) in [5.41, 5.74) is 0.670. The summed E-state index contributed by atoms with van der Waals surface area (Å²) >= 11 is 0. The van der Waals surface area contributed by atoms with Gasteiger partial charge in [0.15, 0.2) is 30.6 Å². The van der Waals surface area contributed by atoms with E-state index in [2.05, 4.69) is 5.32 Å². The lowest BCUT2D eigenvalue weighted by atomic mass is 10.1. The molecule has 1 aliphatic heterocycles. The van der Waals surface area contributed by atoms with Gasteiger partial charge in [0.05, 0.1) is 18.4 Å². The van der Waals surface area contributed by atoms with E-state index in [1.807, 2.05) is 0 Å². The summed E-state index contributed by atoms with van der Waals surface area (Å²) in [7, 11) is 1.31. The highest BCUT2D eigenvalue weighted by molar-refractivity contribution is 6.00. The summed E-state index contributed by atoms with van der Waals surface area (Å²) in [4.78, 5) is 35.4. The highest BCUT2D eigenvalue weighted by atomic mass is 19.1. The summed E-state index contributed by atoms with van der Waals surface area (Å²) in [6.45, 7) is -0.688. The number of halogens is 1. The largest absolute Gasteiger partial charge is 0.494 e. The van der Waals surface area contributed by atoms with Gasteiger partial charge in [0.2, 0.25) is 0 Å². The van der Waals surface area contributed by atoms with Crippen molar-refractivity contribution < 1.29 is 33.0 Å². The Morgan fingerprint density at radius 2 is 1.96 bits per heavy atom. The molecule has 1 heterocycles. The molecule has 0 fully saturated rings. The number of fused-ring (bicyclic) bond motifs is 1. The van der Waals surface area contributed by atoms with Gasteiger partial charge in [-0.25, -0.2) is 9.18 Å². The van der Waals surface area contributed by atoms with Gasteiger partial charge in [-0.15, -0.1) is 0 Å². The minimum atomic E-state index is -0.740. The van der Waals surface area contributed by atoms with Crippen molar-refractivity contribution >= 4 is 23.3 Å². The quantitative estimate of drug-likeness (QED) is 0.650. The van der Waals surface area contributed by atoms with Crippen LogP contribution in [-0.4, -0.2) is 38.0 Å². The number of Topliss-reactive ketones (excluding diaryl/α,β-unsaturated/α-hetero) is 1. The van der Waals surface area contributed by atoms with Gasteiger partial charge in [-0.2, -0.15) is 0 Å². The Kier molecular flexibility index (Phi) is 4.83. The van der Waals surface area contributed by atoms with Crippen LogP contribution in [0.25, 0.3) is 0 Å². The van der Waals surface area contributed by atoms with E-state index < -0.39 is 24.2 Å². The number of nitrogens with one attached hydrogen (secondary N) is 1. The average molecular weight is 359 g/mol. The molecule has 0 radical (unpaired) electrons. The third-order valence-corrected chi connectivity index (χ3v) is 3.66. The first-order chi connectivity index (χ1) is 12.5. The van der Waals surface area contributed by atoms with E-state index in [0.29, 0.717) is 11.4 Å². The number of ketones is 1. The molecule has 7 nitrogen and oxygen atoms in total. The Labute approximate surface area is 147 Å². The number of hydrogen-bond donors (Lipinski definition) is 1. The Hall–Kier alpha value is -3.42. The van der Waals surface area contributed by atoms with E-state index >= 15 is 0 Å². The fourth-order valence-corrected chi connectivity index (χ4v) is 2.34. The molecule has 8 heteroatoms. The maximum atomic E-state index is 13.6. The first kappa shape index (κ1) is 17.4. The molecule has 2 aromatic carbocycles. The Balaban J connectivity index is 1.64. The molecule has 2 aromatic rings. The van der Waals surface area contributed by atoms with Crippen molar-refractivity contribution in [2.45, 2.75) is 0 Å². The second kappa shape index (κ2) is 7.22. The zero-order chi connectivity index (χ0) is 18.7. The van der Waals surface area contributed by atoms with Crippen LogP contribution in [0.3, 0.4) is 0 Å². The van der Waals surface area contributed by atoms with Gasteiger partial charge in [0.25, 0.3) is 5.91 Å². The summed E-state index contributed by atoms with van der Waals surface area (Å²) in [6.07, 6.45) is 0. The lowest BCUT2D eigenvalue weighted by Crippen LogP contribution is -2.25. The highest BCUT2D eigenvalue weighted by Gasteiger charge is 2.19. The molecule has 0 spiro atoms. The monoisotopic (exact) mass is 359 g/mol. The molecule has 1 aliphatic rings. The smallest absolute Gasteiger partial charge is 0.338 e. The molecule has 0 unspecified atom stereocenters. The topological polar surface area (TPSA) is 90.9 Å². The van der Waals surface area contributed by atoms with Crippen molar-refractivity contribution in [1.82, 2.24) is 0 Å². The summed E-state index contributed by atoms with van der Waals surface area (Å²) in [5, 5.41) is 2.60. The maximum Gasteiger partial charge on any atom is 0.338 e. The van der Waals surface area contributed by atoms with E-state index in [0.717, 1.165) is 6.07 Å². The molecule has 0 saturated heterocycles. The Bertz CT molecular complexity index is 895. The number of carbonyl (C=O) groups excluding carboxylic acids is 3. The second-order valence-corrected chi connectivity index (χ2v) is 5.40. The summed E-state index contributed by atoms with van der Waals surface area (Å²) in [5.74, 6) is -1.91. The number of anilines is 1. The van der Waals surface area contributed by atoms with Crippen molar-refractivity contribution in [2.75, 3.05) is 25.6 Å². The van der Waals surface area contributed by atoms with Crippen LogP contribution in [0.2, 0.25) is 0 Å². The number of amides is 1. The van der Waals surface area contributed by atoms with Crippen LogP contribution >= 0.6 is 0 Å². The molecule has 1 N–H and O–H groups in total. The lowest BCUT2D eigenvalue weighted by molar-refractivity contribution is -0.118. The standard InChI is InChI=1S/C18H14FNO6/c1-24-15-5-3-10(6-12(15)19)14(21)8-26-18(23)11-2-4-13-16(7-11)25-9-17(22)20-13/h2-7H,8-9H2,1H3,(H,20,22). The minimum Gasteiger partial charge on any atom is -0.494 e. The van der Waals surface area contributed by atoms with Crippen LogP contribution in [0.15, 0.2) is 36.4 Å². The van der Waals surface area contributed by atoms with Gasteiger partial charge in [-0.1, -0.05) is 0 Å². The van der Waals surface area contributed by atoms with E-state index in [-0.39, 0.29) is 29.4 Å². The molecule has 0 bridgehead atoms. The van der Waals surface area contributed by atoms with Crippen molar-refractivity contribution in [3.63, 3.8) is 0 Å². The fraction of sp³-hybridized carbons (Fsp3) is 0.167. The van der Waals surface area contributed by atoms with Gasteiger partial charge in [-0.3, -0.25) is 9.59 Å². The molecule has 26 heavy (non-hydrogen) atoms. The first-order valence-electron chi connectivity index (χ1n) is 7.58. The third-order valence-electron chi connectivity index (χ3n) is 3.66. The summed E-state index contributed by atoms with van der Waals surface area (Å²) in [6, 6.07) is 8.07. The molecule has 0 atom stereocenters. The fourth-order valence-electron chi connectivity index (χ4n) is 2.34. The van der Waals surface area contributed by atoms with E-state index in [1.54, 1.807) is 0 Å². The molecular weight excluding hydrogens is 345 g/mol. The van der Waals surface area contributed by atoms with Gasteiger partial charge in [0.1, 0.15) is 5.75 Å². The zero-order valence-electron chi connectivity index (χ0n) is 13.7. The Morgan fingerprint density at radius 1 is 1.19 bits per heavy atom. The molecule has 134 valence electrons. The predicted octanol–water partition coefficient (Wildman–Crippen LogP) is 2.20.